The topological polar surface area (TPSA) is 154 Å². The molecule has 3 heterocycles. The van der Waals surface area contributed by atoms with Gasteiger partial charge in [0.15, 0.2) is 0 Å². The van der Waals surface area contributed by atoms with Gasteiger partial charge < -0.3 is 15.2 Å². The molecule has 1 aliphatic heterocycles. The van der Waals surface area contributed by atoms with Crippen LogP contribution in [0.2, 0.25) is 5.02 Å². The van der Waals surface area contributed by atoms with Gasteiger partial charge in [-0.3, -0.25) is 8.98 Å². The summed E-state index contributed by atoms with van der Waals surface area (Å²) in [5.74, 6) is -3.80. The zero-order chi connectivity index (χ0) is 27.9. The van der Waals surface area contributed by atoms with Crippen molar-refractivity contribution in [2.24, 2.45) is 11.1 Å². The molecule has 2 aromatic heterocycles. The lowest BCUT2D eigenvalue weighted by Crippen LogP contribution is -2.30. The standard InChI is InChI=1S/C24H23ClF2N4O6S2/c25-14-1-2-18-16(5-14)22(36-10-24(18,26)27)13-4-20(38-9-13)21(33)17-7-29-11-30-23(17)31-15-3-12(19(32)6-15)8-37-39(28,34)35/h1-2,4-5,7,9,11-12,15,19,22,32H,3,6,8,10H2,(H2,28,34,35)(H,29,30,31)/t12-,15-,19+,22+/m1/s1. The number of carbonyl (C=O) groups excluding carboxylic acids is 1. The fourth-order valence-electron chi connectivity index (χ4n) is 4.84. The summed E-state index contributed by atoms with van der Waals surface area (Å²) < 4.78 is 61.2. The summed E-state index contributed by atoms with van der Waals surface area (Å²) in [4.78, 5) is 21.9. The average molecular weight is 601 g/mol. The van der Waals surface area contributed by atoms with Crippen LogP contribution in [-0.2, 0) is 25.1 Å². The summed E-state index contributed by atoms with van der Waals surface area (Å²) in [6.45, 7) is -1.07. The van der Waals surface area contributed by atoms with Gasteiger partial charge in [0.2, 0.25) is 5.78 Å². The molecule has 0 bridgehead atoms. The minimum atomic E-state index is -4.14. The second kappa shape index (κ2) is 10.8. The van der Waals surface area contributed by atoms with Gasteiger partial charge in [-0.1, -0.05) is 17.7 Å². The summed E-state index contributed by atoms with van der Waals surface area (Å²) in [5, 5.41) is 20.3. The Hall–Kier alpha value is -2.59. The Kier molecular flexibility index (Phi) is 7.72. The van der Waals surface area contributed by atoms with Gasteiger partial charge in [-0.15, -0.1) is 11.3 Å². The van der Waals surface area contributed by atoms with Crippen molar-refractivity contribution in [3.8, 4) is 0 Å². The minimum absolute atomic E-state index is 0.170. The van der Waals surface area contributed by atoms with Crippen molar-refractivity contribution in [2.75, 3.05) is 18.5 Å². The molecule has 15 heteroatoms. The van der Waals surface area contributed by atoms with Crippen LogP contribution >= 0.6 is 22.9 Å². The van der Waals surface area contributed by atoms with Gasteiger partial charge in [0.1, 0.15) is 24.9 Å². The lowest BCUT2D eigenvalue weighted by molar-refractivity contribution is -0.115. The molecule has 0 saturated heterocycles. The summed E-state index contributed by atoms with van der Waals surface area (Å²) in [7, 11) is -4.14. The van der Waals surface area contributed by atoms with Crippen LogP contribution in [0.15, 0.2) is 42.2 Å². The smallest absolute Gasteiger partial charge is 0.333 e. The van der Waals surface area contributed by atoms with Crippen LogP contribution < -0.4 is 10.5 Å². The van der Waals surface area contributed by atoms with Crippen molar-refractivity contribution >= 4 is 44.8 Å². The largest absolute Gasteiger partial charge is 0.393 e. The highest BCUT2D eigenvalue weighted by atomic mass is 35.5. The lowest BCUT2D eigenvalue weighted by Gasteiger charge is -2.31. The molecule has 10 nitrogen and oxygen atoms in total. The van der Waals surface area contributed by atoms with Gasteiger partial charge in [0, 0.05) is 28.7 Å². The molecule has 1 fully saturated rings. The highest BCUT2D eigenvalue weighted by molar-refractivity contribution is 7.84. The van der Waals surface area contributed by atoms with Crippen LogP contribution in [0.1, 0.15) is 50.9 Å². The van der Waals surface area contributed by atoms with Crippen LogP contribution in [0.3, 0.4) is 0 Å². The van der Waals surface area contributed by atoms with Crippen LogP contribution in [-0.4, -0.2) is 54.6 Å². The van der Waals surface area contributed by atoms with E-state index >= 15 is 0 Å². The zero-order valence-electron chi connectivity index (χ0n) is 20.1. The number of fused-ring (bicyclic) bond motifs is 1. The predicted octanol–water partition coefficient (Wildman–Crippen LogP) is 3.41. The number of halogens is 3. The second-order valence-corrected chi connectivity index (χ2v) is 12.0. The molecule has 0 radical (unpaired) electrons. The summed E-state index contributed by atoms with van der Waals surface area (Å²) in [5.41, 5.74) is 0.771. The van der Waals surface area contributed by atoms with Gasteiger partial charge in [-0.25, -0.2) is 15.1 Å². The van der Waals surface area contributed by atoms with Crippen molar-refractivity contribution in [1.29, 1.82) is 0 Å². The second-order valence-electron chi connectivity index (χ2n) is 9.40. The quantitative estimate of drug-likeness (QED) is 0.330. The number of thiophene rings is 1. The van der Waals surface area contributed by atoms with Gasteiger partial charge >= 0.3 is 10.3 Å². The predicted molar refractivity (Wildman–Crippen MR) is 138 cm³/mol. The maximum Gasteiger partial charge on any atom is 0.333 e. The van der Waals surface area contributed by atoms with Crippen LogP contribution in [0.25, 0.3) is 0 Å². The SMILES string of the molecule is NS(=O)(=O)OC[C@H]1C[C@@H](Nc2ncncc2C(=O)c2cc([C@@H]3OCC(F)(F)c4ccc(Cl)cc43)cs2)C[C@@H]1O. The van der Waals surface area contributed by atoms with E-state index in [1.807, 2.05) is 0 Å². The number of nitrogens with one attached hydrogen (secondary N) is 1. The number of carbonyl (C=O) groups is 1. The number of aliphatic hydroxyl groups excluding tert-OH is 1. The number of aliphatic hydroxyl groups is 1. The van der Waals surface area contributed by atoms with Gasteiger partial charge in [0.25, 0.3) is 5.92 Å². The molecular formula is C24H23ClF2N4O6S2. The molecule has 5 rings (SSSR count). The zero-order valence-corrected chi connectivity index (χ0v) is 22.5. The van der Waals surface area contributed by atoms with E-state index in [4.69, 9.17) is 21.5 Å². The maximum atomic E-state index is 14.4. The third-order valence-electron chi connectivity index (χ3n) is 6.67. The summed E-state index contributed by atoms with van der Waals surface area (Å²) >= 11 is 7.20. The van der Waals surface area contributed by atoms with E-state index in [2.05, 4.69) is 19.5 Å². The van der Waals surface area contributed by atoms with Crippen molar-refractivity contribution in [2.45, 2.75) is 37.0 Å². The third-order valence-corrected chi connectivity index (χ3v) is 8.32. The first-order valence-corrected chi connectivity index (χ1v) is 14.5. The fourth-order valence-corrected chi connectivity index (χ4v) is 6.26. The molecule has 208 valence electrons. The Morgan fingerprint density at radius 3 is 2.90 bits per heavy atom. The highest BCUT2D eigenvalue weighted by Gasteiger charge is 2.42. The van der Waals surface area contributed by atoms with Crippen LogP contribution in [0.5, 0.6) is 0 Å². The van der Waals surface area contributed by atoms with Gasteiger partial charge in [0.05, 0.1) is 23.2 Å². The monoisotopic (exact) mass is 600 g/mol. The van der Waals surface area contributed by atoms with Crippen molar-refractivity contribution in [1.82, 2.24) is 9.97 Å². The molecule has 1 saturated carbocycles. The Morgan fingerprint density at radius 1 is 1.33 bits per heavy atom. The molecule has 2 aliphatic rings. The van der Waals surface area contributed by atoms with E-state index in [-0.39, 0.29) is 41.6 Å². The van der Waals surface area contributed by atoms with Gasteiger partial charge in [-0.2, -0.15) is 17.2 Å². The fraction of sp³-hybridized carbons (Fsp3) is 0.375. The number of nitrogens with zero attached hydrogens (tertiary/aromatic N) is 2. The van der Waals surface area contributed by atoms with E-state index in [1.54, 1.807) is 11.4 Å². The van der Waals surface area contributed by atoms with Crippen molar-refractivity contribution < 1.29 is 36.0 Å². The van der Waals surface area contributed by atoms with Gasteiger partial charge in [-0.05, 0) is 47.5 Å². The highest BCUT2D eigenvalue weighted by Crippen LogP contribution is 2.44. The average Bonchev–Trinajstić information content (AvgIpc) is 3.49. The number of rotatable bonds is 8. The first-order valence-electron chi connectivity index (χ1n) is 11.8. The number of hydrogen-bond donors (Lipinski definition) is 3. The van der Waals surface area contributed by atoms with E-state index in [1.165, 1.54) is 30.7 Å². The van der Waals surface area contributed by atoms with E-state index < -0.39 is 46.7 Å². The third kappa shape index (κ3) is 6.11. The van der Waals surface area contributed by atoms with E-state index in [9.17, 15) is 27.1 Å². The number of anilines is 1. The summed E-state index contributed by atoms with van der Waals surface area (Å²) in [6.07, 6.45) is 1.58. The number of ketones is 1. The number of alkyl halides is 2. The molecule has 4 N–H and O–H groups in total. The first-order chi connectivity index (χ1) is 18.4. The molecule has 0 amide bonds. The van der Waals surface area contributed by atoms with E-state index in [0.717, 1.165) is 11.3 Å². The van der Waals surface area contributed by atoms with Crippen molar-refractivity contribution in [3.05, 3.63) is 74.3 Å². The molecular weight excluding hydrogens is 578 g/mol. The number of aromatic nitrogens is 2. The normalized spacial score (nSPS) is 24.3. The Balaban J connectivity index is 1.34. The molecule has 0 unspecified atom stereocenters. The number of benzene rings is 1. The summed E-state index contributed by atoms with van der Waals surface area (Å²) in [6, 6.07) is 5.40. The lowest BCUT2D eigenvalue weighted by atomic mass is 9.92. The Bertz CT molecular complexity index is 1510. The van der Waals surface area contributed by atoms with E-state index in [0.29, 0.717) is 21.9 Å². The molecule has 0 spiro atoms. The molecule has 3 aromatic rings. The Labute approximate surface area is 231 Å². The molecule has 39 heavy (non-hydrogen) atoms. The number of nitrogens with two attached hydrogens (primary N) is 1. The Morgan fingerprint density at radius 2 is 2.13 bits per heavy atom. The molecule has 4 atom stereocenters. The van der Waals surface area contributed by atoms with Crippen LogP contribution in [0.4, 0.5) is 14.6 Å². The van der Waals surface area contributed by atoms with Crippen molar-refractivity contribution in [3.63, 3.8) is 0 Å². The van der Waals surface area contributed by atoms with Crippen LogP contribution in [0, 0.1) is 5.92 Å². The minimum Gasteiger partial charge on any atom is -0.393 e. The molecule has 1 aromatic carbocycles. The maximum absolute atomic E-state index is 14.4. The number of ether oxygens (including phenoxy) is 1. The number of hydrogen-bond acceptors (Lipinski definition) is 10. The molecule has 1 aliphatic carbocycles. The first kappa shape index (κ1) is 28.0.